The molecule has 0 aliphatic carbocycles. The SMILES string of the molecule is CCC(N)=O.Nc1cc[c]cc1. The van der Waals surface area contributed by atoms with Crippen LogP contribution in [0, 0.1) is 6.07 Å². The van der Waals surface area contributed by atoms with Crippen LogP contribution in [0.1, 0.15) is 13.3 Å². The molecule has 0 unspecified atom stereocenters. The molecule has 0 heterocycles. The summed E-state index contributed by atoms with van der Waals surface area (Å²) in [5.41, 5.74) is 10.8. The van der Waals surface area contributed by atoms with E-state index < -0.39 is 0 Å². The van der Waals surface area contributed by atoms with E-state index in [1.165, 1.54) is 0 Å². The number of amides is 1. The van der Waals surface area contributed by atoms with Crippen molar-refractivity contribution in [3.63, 3.8) is 0 Å². The van der Waals surface area contributed by atoms with Crippen LogP contribution in [0.4, 0.5) is 5.69 Å². The fourth-order valence-corrected chi connectivity index (χ4v) is 0.400. The fourth-order valence-electron chi connectivity index (χ4n) is 0.400. The van der Waals surface area contributed by atoms with Gasteiger partial charge in [0.25, 0.3) is 0 Å². The van der Waals surface area contributed by atoms with Crippen LogP contribution in [-0.2, 0) is 4.79 Å². The van der Waals surface area contributed by atoms with Gasteiger partial charge in [-0.2, -0.15) is 0 Å². The molecule has 1 aromatic carbocycles. The Morgan fingerprint density at radius 2 is 1.92 bits per heavy atom. The van der Waals surface area contributed by atoms with E-state index >= 15 is 0 Å². The lowest BCUT2D eigenvalue weighted by atomic mass is 10.3. The second-order valence-corrected chi connectivity index (χ2v) is 2.15. The first kappa shape index (κ1) is 10.5. The van der Waals surface area contributed by atoms with Gasteiger partial charge in [0.15, 0.2) is 0 Å². The molecule has 0 saturated heterocycles. The molecule has 0 aromatic heterocycles. The third kappa shape index (κ3) is 6.61. The predicted molar refractivity (Wildman–Crippen MR) is 49.2 cm³/mol. The van der Waals surface area contributed by atoms with Crippen molar-refractivity contribution in [3.05, 3.63) is 30.3 Å². The smallest absolute Gasteiger partial charge is 0.217 e. The van der Waals surface area contributed by atoms with E-state index in [4.69, 9.17) is 5.73 Å². The zero-order valence-corrected chi connectivity index (χ0v) is 7.08. The van der Waals surface area contributed by atoms with E-state index in [-0.39, 0.29) is 5.91 Å². The highest BCUT2D eigenvalue weighted by atomic mass is 16.1. The Morgan fingerprint density at radius 1 is 1.50 bits per heavy atom. The molecule has 0 aliphatic rings. The Kier molecular flexibility index (Phi) is 5.43. The van der Waals surface area contributed by atoms with Crippen LogP contribution < -0.4 is 11.5 Å². The van der Waals surface area contributed by atoms with E-state index in [9.17, 15) is 4.79 Å². The number of nitrogen functional groups attached to an aromatic ring is 1. The van der Waals surface area contributed by atoms with Gasteiger partial charge in [-0.1, -0.05) is 19.1 Å². The first-order valence-corrected chi connectivity index (χ1v) is 3.66. The maximum atomic E-state index is 9.59. The lowest BCUT2D eigenvalue weighted by molar-refractivity contribution is -0.117. The van der Waals surface area contributed by atoms with Crippen molar-refractivity contribution in [2.45, 2.75) is 13.3 Å². The Balaban J connectivity index is 0.000000217. The molecule has 0 saturated carbocycles. The number of primary amides is 1. The average molecular weight is 165 g/mol. The zero-order valence-electron chi connectivity index (χ0n) is 7.08. The molecule has 1 amide bonds. The van der Waals surface area contributed by atoms with E-state index in [0.29, 0.717) is 6.42 Å². The minimum Gasteiger partial charge on any atom is -0.399 e. The summed E-state index contributed by atoms with van der Waals surface area (Å²) in [6.07, 6.45) is 0.444. The van der Waals surface area contributed by atoms with Crippen LogP contribution in [-0.4, -0.2) is 5.91 Å². The minimum absolute atomic E-state index is 0.245. The van der Waals surface area contributed by atoms with Crippen molar-refractivity contribution in [2.75, 3.05) is 5.73 Å². The summed E-state index contributed by atoms with van der Waals surface area (Å²) in [7, 11) is 0. The van der Waals surface area contributed by atoms with Gasteiger partial charge in [0, 0.05) is 12.1 Å². The standard InChI is InChI=1S/C6H6N.C3H7NO/c7-6-4-2-1-3-5-6;1-2-3(4)5/h2-5H,7H2;2H2,1H3,(H2,4,5). The topological polar surface area (TPSA) is 69.1 Å². The monoisotopic (exact) mass is 165 g/mol. The number of anilines is 1. The van der Waals surface area contributed by atoms with Crippen LogP contribution in [0.25, 0.3) is 0 Å². The van der Waals surface area contributed by atoms with Crippen molar-refractivity contribution >= 4 is 11.6 Å². The molecule has 1 radical (unpaired) electrons. The molecule has 12 heavy (non-hydrogen) atoms. The zero-order chi connectivity index (χ0) is 9.40. The highest BCUT2D eigenvalue weighted by molar-refractivity contribution is 5.73. The molecular formula is C9H13N2O. The quantitative estimate of drug-likeness (QED) is 0.608. The fraction of sp³-hybridized carbons (Fsp3) is 0.222. The third-order valence-corrected chi connectivity index (χ3v) is 1.09. The van der Waals surface area contributed by atoms with Gasteiger partial charge in [0.1, 0.15) is 0 Å². The van der Waals surface area contributed by atoms with Crippen LogP contribution >= 0.6 is 0 Å². The maximum absolute atomic E-state index is 9.59. The number of hydrogen-bond donors (Lipinski definition) is 2. The minimum atomic E-state index is -0.245. The normalized spacial score (nSPS) is 8.08. The van der Waals surface area contributed by atoms with E-state index in [0.717, 1.165) is 5.69 Å². The Labute approximate surface area is 72.4 Å². The predicted octanol–water partition coefficient (Wildman–Crippen LogP) is 0.951. The van der Waals surface area contributed by atoms with Crippen LogP contribution in [0.5, 0.6) is 0 Å². The maximum Gasteiger partial charge on any atom is 0.217 e. The van der Waals surface area contributed by atoms with Gasteiger partial charge in [0.05, 0.1) is 0 Å². The Hall–Kier alpha value is -1.51. The molecule has 0 aliphatic heterocycles. The molecule has 65 valence electrons. The summed E-state index contributed by atoms with van der Waals surface area (Å²) in [4.78, 5) is 9.59. The summed E-state index contributed by atoms with van der Waals surface area (Å²) >= 11 is 0. The van der Waals surface area contributed by atoms with Crippen molar-refractivity contribution in [3.8, 4) is 0 Å². The van der Waals surface area contributed by atoms with Crippen LogP contribution in [0.3, 0.4) is 0 Å². The summed E-state index contributed by atoms with van der Waals surface area (Å²) < 4.78 is 0. The van der Waals surface area contributed by atoms with Gasteiger partial charge in [-0.3, -0.25) is 4.79 Å². The number of carbonyl (C=O) groups is 1. The van der Waals surface area contributed by atoms with E-state index in [1.807, 2.05) is 0 Å². The average Bonchev–Trinajstić information content (AvgIpc) is 2.07. The lowest BCUT2D eigenvalue weighted by Crippen LogP contribution is -2.06. The van der Waals surface area contributed by atoms with Gasteiger partial charge in [0.2, 0.25) is 5.91 Å². The molecule has 1 rings (SSSR count). The van der Waals surface area contributed by atoms with E-state index in [1.54, 1.807) is 31.2 Å². The van der Waals surface area contributed by atoms with Crippen molar-refractivity contribution in [1.82, 2.24) is 0 Å². The highest BCUT2D eigenvalue weighted by Crippen LogP contribution is 1.95. The number of carbonyl (C=O) groups excluding carboxylic acids is 1. The summed E-state index contributed by atoms with van der Waals surface area (Å²) in [5, 5.41) is 0. The second kappa shape index (κ2) is 6.22. The number of rotatable bonds is 1. The third-order valence-electron chi connectivity index (χ3n) is 1.09. The van der Waals surface area contributed by atoms with Gasteiger partial charge < -0.3 is 11.5 Å². The first-order valence-electron chi connectivity index (χ1n) is 3.66. The second-order valence-electron chi connectivity index (χ2n) is 2.15. The molecule has 4 N–H and O–H groups in total. The summed E-state index contributed by atoms with van der Waals surface area (Å²) in [5.74, 6) is -0.245. The number of benzene rings is 1. The van der Waals surface area contributed by atoms with Gasteiger partial charge in [-0.05, 0) is 18.2 Å². The molecule has 0 fully saturated rings. The van der Waals surface area contributed by atoms with Gasteiger partial charge in [-0.15, -0.1) is 0 Å². The molecule has 0 spiro atoms. The molecule has 3 heteroatoms. The largest absolute Gasteiger partial charge is 0.399 e. The van der Waals surface area contributed by atoms with Crippen molar-refractivity contribution in [1.29, 1.82) is 0 Å². The number of nitrogens with two attached hydrogens (primary N) is 2. The lowest BCUT2D eigenvalue weighted by Gasteiger charge is -1.83. The first-order chi connectivity index (χ1) is 5.66. The van der Waals surface area contributed by atoms with Gasteiger partial charge in [-0.25, -0.2) is 0 Å². The van der Waals surface area contributed by atoms with Crippen molar-refractivity contribution in [2.24, 2.45) is 5.73 Å². The van der Waals surface area contributed by atoms with Gasteiger partial charge >= 0.3 is 0 Å². The van der Waals surface area contributed by atoms with E-state index in [2.05, 4.69) is 11.8 Å². The van der Waals surface area contributed by atoms with Crippen LogP contribution in [0.15, 0.2) is 24.3 Å². The molecule has 3 nitrogen and oxygen atoms in total. The highest BCUT2D eigenvalue weighted by Gasteiger charge is 1.77. The van der Waals surface area contributed by atoms with Crippen LogP contribution in [0.2, 0.25) is 0 Å². The number of hydrogen-bond acceptors (Lipinski definition) is 2. The molecule has 1 aromatic rings. The Morgan fingerprint density at radius 3 is 2.08 bits per heavy atom. The summed E-state index contributed by atoms with van der Waals surface area (Å²) in [6.45, 7) is 1.72. The molecule has 0 atom stereocenters. The Bertz CT molecular complexity index is 221. The molecule has 0 bridgehead atoms. The summed E-state index contributed by atoms with van der Waals surface area (Å²) in [6, 6.07) is 10.0. The van der Waals surface area contributed by atoms with Crippen molar-refractivity contribution < 1.29 is 4.79 Å². The molecular weight excluding hydrogens is 152 g/mol.